The number of hydrogen-bond acceptors (Lipinski definition) is 6. The quantitative estimate of drug-likeness (QED) is 0.830. The third-order valence-electron chi connectivity index (χ3n) is 2.93. The van der Waals surface area contributed by atoms with Crippen molar-refractivity contribution < 1.29 is 14.3 Å². The minimum Gasteiger partial charge on any atom is -0.377 e. The molecule has 0 spiro atoms. The highest BCUT2D eigenvalue weighted by atomic mass is 35.5. The zero-order valence-corrected chi connectivity index (χ0v) is 12.7. The van der Waals surface area contributed by atoms with Crippen LogP contribution in [0, 0.1) is 0 Å². The van der Waals surface area contributed by atoms with Crippen LogP contribution in [0.15, 0.2) is 0 Å². The predicted octanol–water partition coefficient (Wildman–Crippen LogP) is 1.34. The molecule has 1 aromatic rings. The van der Waals surface area contributed by atoms with Gasteiger partial charge in [0.15, 0.2) is 16.6 Å². The fraction of sp³-hybridized carbons (Fsp3) is 0.583. The first-order chi connectivity index (χ1) is 9.67. The SMILES string of the molecule is CCCNC(=O)C1COCCN1c1nc(Cl)c(C=O)s1. The molecule has 1 fully saturated rings. The lowest BCUT2D eigenvalue weighted by Crippen LogP contribution is -2.54. The Kier molecular flexibility index (Phi) is 5.33. The van der Waals surface area contributed by atoms with Crippen molar-refractivity contribution in [2.45, 2.75) is 19.4 Å². The van der Waals surface area contributed by atoms with Crippen LogP contribution in [-0.2, 0) is 9.53 Å². The van der Waals surface area contributed by atoms with Gasteiger partial charge in [-0.3, -0.25) is 9.59 Å². The molecule has 1 atom stereocenters. The van der Waals surface area contributed by atoms with Crippen LogP contribution in [0.4, 0.5) is 5.13 Å². The van der Waals surface area contributed by atoms with Crippen molar-refractivity contribution in [3.05, 3.63) is 10.0 Å². The predicted molar refractivity (Wildman–Crippen MR) is 77.8 cm³/mol. The van der Waals surface area contributed by atoms with E-state index in [0.29, 0.717) is 42.6 Å². The summed E-state index contributed by atoms with van der Waals surface area (Å²) in [5.74, 6) is -0.0921. The molecule has 1 N–H and O–H groups in total. The van der Waals surface area contributed by atoms with Gasteiger partial charge in [0.1, 0.15) is 10.9 Å². The maximum absolute atomic E-state index is 12.1. The van der Waals surface area contributed by atoms with E-state index in [1.165, 1.54) is 11.3 Å². The topological polar surface area (TPSA) is 71.5 Å². The molecule has 0 bridgehead atoms. The van der Waals surface area contributed by atoms with E-state index in [1.54, 1.807) is 0 Å². The lowest BCUT2D eigenvalue weighted by molar-refractivity contribution is -0.124. The third kappa shape index (κ3) is 3.28. The monoisotopic (exact) mass is 317 g/mol. The smallest absolute Gasteiger partial charge is 0.245 e. The van der Waals surface area contributed by atoms with Gasteiger partial charge < -0.3 is 15.0 Å². The lowest BCUT2D eigenvalue weighted by atomic mass is 10.2. The molecule has 20 heavy (non-hydrogen) atoms. The van der Waals surface area contributed by atoms with E-state index >= 15 is 0 Å². The summed E-state index contributed by atoms with van der Waals surface area (Å²) in [4.78, 5) is 29.4. The van der Waals surface area contributed by atoms with E-state index in [-0.39, 0.29) is 11.1 Å². The Morgan fingerprint density at radius 1 is 1.70 bits per heavy atom. The summed E-state index contributed by atoms with van der Waals surface area (Å²) in [6.07, 6.45) is 1.55. The largest absolute Gasteiger partial charge is 0.377 e. The molecule has 1 aliphatic heterocycles. The minimum absolute atomic E-state index is 0.0921. The Hall–Kier alpha value is -1.18. The third-order valence-corrected chi connectivity index (χ3v) is 4.35. The summed E-state index contributed by atoms with van der Waals surface area (Å²) in [5, 5.41) is 3.61. The molecule has 8 heteroatoms. The zero-order chi connectivity index (χ0) is 14.5. The molecule has 1 aromatic heterocycles. The van der Waals surface area contributed by atoms with Crippen molar-refractivity contribution in [2.24, 2.45) is 0 Å². The van der Waals surface area contributed by atoms with Crippen LogP contribution in [-0.4, -0.2) is 49.5 Å². The zero-order valence-electron chi connectivity index (χ0n) is 11.1. The molecule has 1 unspecified atom stereocenters. The fourth-order valence-corrected chi connectivity index (χ4v) is 3.05. The van der Waals surface area contributed by atoms with E-state index in [2.05, 4.69) is 10.3 Å². The molecule has 1 saturated heterocycles. The number of nitrogens with zero attached hydrogens (tertiary/aromatic N) is 2. The molecular weight excluding hydrogens is 302 g/mol. The number of ether oxygens (including phenoxy) is 1. The van der Waals surface area contributed by atoms with Gasteiger partial charge in [-0.25, -0.2) is 4.98 Å². The Bertz CT molecular complexity index is 494. The van der Waals surface area contributed by atoms with E-state index in [0.717, 1.165) is 6.42 Å². The van der Waals surface area contributed by atoms with Gasteiger partial charge in [-0.1, -0.05) is 29.9 Å². The number of aromatic nitrogens is 1. The van der Waals surface area contributed by atoms with E-state index in [4.69, 9.17) is 16.3 Å². The van der Waals surface area contributed by atoms with Gasteiger partial charge in [0.25, 0.3) is 0 Å². The van der Waals surface area contributed by atoms with Gasteiger partial charge in [0.05, 0.1) is 13.2 Å². The van der Waals surface area contributed by atoms with Gasteiger partial charge in [-0.2, -0.15) is 0 Å². The van der Waals surface area contributed by atoms with E-state index in [9.17, 15) is 9.59 Å². The van der Waals surface area contributed by atoms with Gasteiger partial charge >= 0.3 is 0 Å². The van der Waals surface area contributed by atoms with Gasteiger partial charge in [-0.15, -0.1) is 0 Å². The fourth-order valence-electron chi connectivity index (χ4n) is 1.91. The van der Waals surface area contributed by atoms with Crippen LogP contribution in [0.25, 0.3) is 0 Å². The highest BCUT2D eigenvalue weighted by Gasteiger charge is 2.31. The van der Waals surface area contributed by atoms with Crippen LogP contribution >= 0.6 is 22.9 Å². The highest BCUT2D eigenvalue weighted by Crippen LogP contribution is 2.30. The Balaban J connectivity index is 2.17. The molecule has 0 aliphatic carbocycles. The second-order valence-corrected chi connectivity index (χ2v) is 5.71. The maximum Gasteiger partial charge on any atom is 0.245 e. The standard InChI is InChI=1S/C12H16ClN3O3S/c1-2-3-14-11(18)8-7-19-5-4-16(8)12-15-10(13)9(6-17)20-12/h6,8H,2-5,7H2,1H3,(H,14,18). The summed E-state index contributed by atoms with van der Waals surface area (Å²) in [6, 6.07) is -0.433. The van der Waals surface area contributed by atoms with Crippen LogP contribution in [0.2, 0.25) is 5.15 Å². The molecule has 0 aromatic carbocycles. The molecule has 1 aliphatic rings. The number of rotatable bonds is 5. The lowest BCUT2D eigenvalue weighted by Gasteiger charge is -2.34. The van der Waals surface area contributed by atoms with Crippen molar-refractivity contribution in [3.63, 3.8) is 0 Å². The molecule has 1 amide bonds. The van der Waals surface area contributed by atoms with Crippen LogP contribution in [0.1, 0.15) is 23.0 Å². The van der Waals surface area contributed by atoms with E-state index in [1.807, 2.05) is 11.8 Å². The Morgan fingerprint density at radius 3 is 3.15 bits per heavy atom. The number of aldehydes is 1. The number of carbonyl (C=O) groups is 2. The number of halogens is 1. The number of thiazole rings is 1. The van der Waals surface area contributed by atoms with Crippen molar-refractivity contribution >= 4 is 40.3 Å². The maximum atomic E-state index is 12.1. The molecule has 2 rings (SSSR count). The van der Waals surface area contributed by atoms with Crippen molar-refractivity contribution in [1.29, 1.82) is 0 Å². The number of hydrogen-bond donors (Lipinski definition) is 1. The first-order valence-corrected chi connectivity index (χ1v) is 7.60. The van der Waals surface area contributed by atoms with Gasteiger partial charge in [-0.05, 0) is 6.42 Å². The molecule has 6 nitrogen and oxygen atoms in total. The number of carbonyl (C=O) groups excluding carboxylic acids is 2. The van der Waals surface area contributed by atoms with Crippen molar-refractivity contribution in [1.82, 2.24) is 10.3 Å². The number of morpholine rings is 1. The second kappa shape index (κ2) is 7.01. The number of anilines is 1. The minimum atomic E-state index is -0.433. The van der Waals surface area contributed by atoms with Crippen LogP contribution in [0.3, 0.4) is 0 Å². The van der Waals surface area contributed by atoms with Crippen LogP contribution < -0.4 is 10.2 Å². The second-order valence-electron chi connectivity index (χ2n) is 4.34. The summed E-state index contributed by atoms with van der Waals surface area (Å²) < 4.78 is 5.37. The molecule has 110 valence electrons. The number of amides is 1. The molecule has 0 radical (unpaired) electrons. The Labute approximate surface area is 126 Å². The molecule has 0 saturated carbocycles. The first kappa shape index (κ1) is 15.2. The van der Waals surface area contributed by atoms with Crippen LogP contribution in [0.5, 0.6) is 0 Å². The first-order valence-electron chi connectivity index (χ1n) is 6.41. The molecule has 2 heterocycles. The van der Waals surface area contributed by atoms with E-state index < -0.39 is 6.04 Å². The van der Waals surface area contributed by atoms with Crippen molar-refractivity contribution in [2.75, 3.05) is 31.2 Å². The number of nitrogens with one attached hydrogen (secondary N) is 1. The average molecular weight is 318 g/mol. The normalized spacial score (nSPS) is 18.9. The van der Waals surface area contributed by atoms with Gasteiger partial charge in [0, 0.05) is 13.1 Å². The average Bonchev–Trinajstić information content (AvgIpc) is 2.85. The molecular formula is C12H16ClN3O3S. The summed E-state index contributed by atoms with van der Waals surface area (Å²) >= 11 is 7.08. The highest BCUT2D eigenvalue weighted by molar-refractivity contribution is 7.17. The summed E-state index contributed by atoms with van der Waals surface area (Å²) in [5.41, 5.74) is 0. The van der Waals surface area contributed by atoms with Gasteiger partial charge in [0.2, 0.25) is 5.91 Å². The van der Waals surface area contributed by atoms with Crippen molar-refractivity contribution in [3.8, 4) is 0 Å². The Morgan fingerprint density at radius 2 is 2.50 bits per heavy atom. The summed E-state index contributed by atoms with van der Waals surface area (Å²) in [7, 11) is 0. The summed E-state index contributed by atoms with van der Waals surface area (Å²) in [6.45, 7) is 3.99.